The highest BCUT2D eigenvalue weighted by molar-refractivity contribution is 6.46. The van der Waals surface area contributed by atoms with Crippen LogP contribution in [0, 0.1) is 6.92 Å². The number of methoxy groups -OCH3 is 1. The van der Waals surface area contributed by atoms with E-state index in [1.807, 2.05) is 37.3 Å². The number of aliphatic hydroxyl groups is 1. The van der Waals surface area contributed by atoms with E-state index in [1.54, 1.807) is 30.2 Å². The minimum absolute atomic E-state index is 0.0883. The van der Waals surface area contributed by atoms with Crippen molar-refractivity contribution in [2.75, 3.05) is 46.5 Å². The van der Waals surface area contributed by atoms with Crippen molar-refractivity contribution >= 4 is 17.4 Å². The van der Waals surface area contributed by atoms with Crippen molar-refractivity contribution in [1.29, 1.82) is 0 Å². The quantitative estimate of drug-likeness (QED) is 0.426. The molecular weight excluding hydrogens is 408 g/mol. The van der Waals surface area contributed by atoms with Gasteiger partial charge in [-0.2, -0.15) is 0 Å². The molecule has 168 valence electrons. The maximum Gasteiger partial charge on any atom is 0.295 e. The van der Waals surface area contributed by atoms with Gasteiger partial charge in [0.2, 0.25) is 0 Å². The van der Waals surface area contributed by atoms with Gasteiger partial charge in [0, 0.05) is 37.3 Å². The zero-order chi connectivity index (χ0) is 22.7. The summed E-state index contributed by atoms with van der Waals surface area (Å²) in [4.78, 5) is 30.0. The fourth-order valence-corrected chi connectivity index (χ4v) is 4.27. The predicted molar refractivity (Wildman–Crippen MR) is 120 cm³/mol. The Labute approximate surface area is 187 Å². The number of aryl methyl sites for hydroxylation is 1. The van der Waals surface area contributed by atoms with Gasteiger partial charge in [-0.25, -0.2) is 0 Å². The van der Waals surface area contributed by atoms with E-state index in [2.05, 4.69) is 4.90 Å². The second-order valence-electron chi connectivity index (χ2n) is 8.05. The Morgan fingerprint density at radius 1 is 1.06 bits per heavy atom. The second kappa shape index (κ2) is 9.54. The Bertz CT molecular complexity index is 1020. The molecule has 0 spiro atoms. The van der Waals surface area contributed by atoms with Gasteiger partial charge >= 0.3 is 0 Å². The lowest BCUT2D eigenvalue weighted by molar-refractivity contribution is -0.140. The lowest BCUT2D eigenvalue weighted by Gasteiger charge is -2.31. The van der Waals surface area contributed by atoms with Crippen molar-refractivity contribution < 1.29 is 24.2 Å². The number of carbonyl (C=O) groups excluding carboxylic acids is 2. The molecule has 32 heavy (non-hydrogen) atoms. The summed E-state index contributed by atoms with van der Waals surface area (Å²) in [5.74, 6) is -0.900. The van der Waals surface area contributed by atoms with Gasteiger partial charge in [0.05, 0.1) is 31.9 Å². The summed E-state index contributed by atoms with van der Waals surface area (Å²) in [7, 11) is 1.55. The summed E-state index contributed by atoms with van der Waals surface area (Å²) in [6.45, 7) is 5.80. The number of morpholine rings is 1. The fraction of sp³-hybridized carbons (Fsp3) is 0.360. The van der Waals surface area contributed by atoms with Crippen LogP contribution < -0.4 is 4.74 Å². The standard InChI is InChI=1S/C25H28N2O5/c1-17-7-9-18(10-8-17)23(28)21-22(19-5-3-4-6-20(19)31-2)27(25(30)24(21)29)12-11-26-13-15-32-16-14-26/h3-10,22,28H,11-16H2,1-2H3/t22-/m1/s1. The van der Waals surface area contributed by atoms with E-state index in [1.165, 1.54) is 0 Å². The number of ketones is 1. The lowest BCUT2D eigenvalue weighted by atomic mass is 9.94. The number of aliphatic hydroxyl groups excluding tert-OH is 1. The van der Waals surface area contributed by atoms with Gasteiger partial charge in [0.15, 0.2) is 0 Å². The Morgan fingerprint density at radius 3 is 2.44 bits per heavy atom. The average molecular weight is 437 g/mol. The largest absolute Gasteiger partial charge is 0.507 e. The van der Waals surface area contributed by atoms with Crippen molar-refractivity contribution in [3.8, 4) is 5.75 Å². The minimum Gasteiger partial charge on any atom is -0.507 e. The number of ether oxygens (including phenoxy) is 2. The Morgan fingerprint density at radius 2 is 1.75 bits per heavy atom. The van der Waals surface area contributed by atoms with Crippen LogP contribution in [0.3, 0.4) is 0 Å². The summed E-state index contributed by atoms with van der Waals surface area (Å²) < 4.78 is 10.9. The summed E-state index contributed by atoms with van der Waals surface area (Å²) in [6, 6.07) is 13.8. The molecule has 2 aliphatic rings. The van der Waals surface area contributed by atoms with Crippen molar-refractivity contribution in [2.45, 2.75) is 13.0 Å². The number of nitrogens with zero attached hydrogens (tertiary/aromatic N) is 2. The Balaban J connectivity index is 1.77. The minimum atomic E-state index is -0.728. The van der Waals surface area contributed by atoms with Crippen LogP contribution in [0.5, 0.6) is 5.75 Å². The van der Waals surface area contributed by atoms with Gasteiger partial charge in [-0.05, 0) is 13.0 Å². The topological polar surface area (TPSA) is 79.3 Å². The number of likely N-dealkylation sites (tertiary alicyclic amines) is 1. The number of Topliss-reactive ketones (excluding diaryl/α,β-unsaturated/α-hetero) is 1. The van der Waals surface area contributed by atoms with Crippen LogP contribution in [0.1, 0.15) is 22.7 Å². The monoisotopic (exact) mass is 436 g/mol. The third-order valence-electron chi connectivity index (χ3n) is 6.06. The maximum absolute atomic E-state index is 13.1. The number of rotatable bonds is 6. The Hall–Kier alpha value is -3.16. The van der Waals surface area contributed by atoms with E-state index in [9.17, 15) is 14.7 Å². The zero-order valence-electron chi connectivity index (χ0n) is 18.4. The van der Waals surface area contributed by atoms with Crippen LogP contribution in [0.4, 0.5) is 0 Å². The molecule has 1 atom stereocenters. The molecule has 0 bridgehead atoms. The smallest absolute Gasteiger partial charge is 0.295 e. The van der Waals surface area contributed by atoms with Crippen LogP contribution in [0.2, 0.25) is 0 Å². The molecule has 2 fully saturated rings. The zero-order valence-corrected chi connectivity index (χ0v) is 18.4. The van der Waals surface area contributed by atoms with E-state index in [4.69, 9.17) is 9.47 Å². The number of para-hydroxylation sites is 1. The molecule has 2 heterocycles. The first-order valence-electron chi connectivity index (χ1n) is 10.8. The average Bonchev–Trinajstić information content (AvgIpc) is 3.08. The summed E-state index contributed by atoms with van der Waals surface area (Å²) in [5, 5.41) is 11.1. The molecular formula is C25H28N2O5. The molecule has 0 aromatic heterocycles. The summed E-state index contributed by atoms with van der Waals surface area (Å²) in [6.07, 6.45) is 0. The molecule has 0 aliphatic carbocycles. The van der Waals surface area contributed by atoms with Gasteiger partial charge in [0.25, 0.3) is 11.7 Å². The molecule has 7 nitrogen and oxygen atoms in total. The van der Waals surface area contributed by atoms with Gasteiger partial charge in [-0.15, -0.1) is 0 Å². The van der Waals surface area contributed by atoms with Crippen molar-refractivity contribution in [3.05, 3.63) is 70.8 Å². The number of benzene rings is 2. The van der Waals surface area contributed by atoms with Crippen molar-refractivity contribution in [2.24, 2.45) is 0 Å². The summed E-state index contributed by atoms with van der Waals surface area (Å²) >= 11 is 0. The first kappa shape index (κ1) is 22.0. The third kappa shape index (κ3) is 4.26. The first-order chi connectivity index (χ1) is 15.5. The van der Waals surface area contributed by atoms with Gasteiger partial charge < -0.3 is 19.5 Å². The highest BCUT2D eigenvalue weighted by atomic mass is 16.5. The van der Waals surface area contributed by atoms with Crippen LogP contribution >= 0.6 is 0 Å². The van der Waals surface area contributed by atoms with Crippen LogP contribution in [-0.2, 0) is 14.3 Å². The van der Waals surface area contributed by atoms with Gasteiger partial charge in [-0.1, -0.05) is 48.0 Å². The lowest BCUT2D eigenvalue weighted by Crippen LogP contribution is -2.42. The highest BCUT2D eigenvalue weighted by Crippen LogP contribution is 2.42. The van der Waals surface area contributed by atoms with E-state index in [0.29, 0.717) is 43.2 Å². The Kier molecular flexibility index (Phi) is 6.58. The van der Waals surface area contributed by atoms with E-state index < -0.39 is 17.7 Å². The predicted octanol–water partition coefficient (Wildman–Crippen LogP) is 2.76. The second-order valence-corrected chi connectivity index (χ2v) is 8.05. The molecule has 2 saturated heterocycles. The number of hydrogen-bond donors (Lipinski definition) is 1. The fourth-order valence-electron chi connectivity index (χ4n) is 4.27. The van der Waals surface area contributed by atoms with E-state index in [-0.39, 0.29) is 11.3 Å². The molecule has 0 radical (unpaired) electrons. The van der Waals surface area contributed by atoms with E-state index in [0.717, 1.165) is 18.7 Å². The molecule has 2 aromatic carbocycles. The molecule has 0 unspecified atom stereocenters. The number of hydrogen-bond acceptors (Lipinski definition) is 6. The third-order valence-corrected chi connectivity index (χ3v) is 6.06. The summed E-state index contributed by atoms with van der Waals surface area (Å²) in [5.41, 5.74) is 2.30. The highest BCUT2D eigenvalue weighted by Gasteiger charge is 2.47. The van der Waals surface area contributed by atoms with E-state index >= 15 is 0 Å². The normalized spacial score (nSPS) is 21.2. The molecule has 1 N–H and O–H groups in total. The van der Waals surface area contributed by atoms with Crippen LogP contribution in [0.15, 0.2) is 54.1 Å². The SMILES string of the molecule is COc1ccccc1[C@@H]1C(=C(O)c2ccc(C)cc2)C(=O)C(=O)N1CCN1CCOCC1. The molecule has 7 heteroatoms. The number of carbonyl (C=O) groups is 2. The molecule has 4 rings (SSSR count). The molecule has 2 aromatic rings. The van der Waals surface area contributed by atoms with Gasteiger partial charge in [-0.3, -0.25) is 14.5 Å². The van der Waals surface area contributed by atoms with Crippen LogP contribution in [-0.4, -0.2) is 73.1 Å². The van der Waals surface area contributed by atoms with Crippen molar-refractivity contribution in [3.63, 3.8) is 0 Å². The molecule has 0 saturated carbocycles. The molecule has 2 aliphatic heterocycles. The van der Waals surface area contributed by atoms with Crippen LogP contribution in [0.25, 0.3) is 5.76 Å². The maximum atomic E-state index is 13.1. The first-order valence-corrected chi connectivity index (χ1v) is 10.8. The number of amides is 1. The van der Waals surface area contributed by atoms with Gasteiger partial charge in [0.1, 0.15) is 11.5 Å². The van der Waals surface area contributed by atoms with Crippen molar-refractivity contribution in [1.82, 2.24) is 9.80 Å². The molecule has 1 amide bonds.